The lowest BCUT2D eigenvalue weighted by Gasteiger charge is -2.37. The molecule has 0 aliphatic carbocycles. The molecule has 1 amide bonds. The molecule has 0 bridgehead atoms. The minimum absolute atomic E-state index is 0.0358. The molecule has 2 heterocycles. The van der Waals surface area contributed by atoms with Crippen LogP contribution in [0, 0.1) is 0 Å². The third kappa shape index (κ3) is 4.07. The van der Waals surface area contributed by atoms with Gasteiger partial charge in [0.25, 0.3) is 0 Å². The number of hydrogen-bond donors (Lipinski definition) is 2. The van der Waals surface area contributed by atoms with Crippen molar-refractivity contribution >= 4 is 17.3 Å². The van der Waals surface area contributed by atoms with Crippen LogP contribution >= 0.6 is 0 Å². The Labute approximate surface area is 120 Å². The monoisotopic (exact) mass is 302 g/mol. The average molecular weight is 302 g/mol. The summed E-state index contributed by atoms with van der Waals surface area (Å²) in [6.07, 6.45) is -2.13. The van der Waals surface area contributed by atoms with Crippen molar-refractivity contribution in [1.82, 2.24) is 10.3 Å². The number of pyridine rings is 1. The van der Waals surface area contributed by atoms with Crippen molar-refractivity contribution in [2.75, 3.05) is 23.3 Å². The number of rotatable bonds is 2. The van der Waals surface area contributed by atoms with E-state index in [1.165, 1.54) is 12.3 Å². The lowest BCUT2D eigenvalue weighted by molar-refractivity contribution is -0.167. The molecule has 2 rings (SSSR count). The van der Waals surface area contributed by atoms with Crippen molar-refractivity contribution in [2.45, 2.75) is 32.1 Å². The molecule has 1 aliphatic heterocycles. The summed E-state index contributed by atoms with van der Waals surface area (Å²) in [6, 6.07) is 2.03. The van der Waals surface area contributed by atoms with Crippen LogP contribution in [0.5, 0.6) is 0 Å². The first kappa shape index (κ1) is 15.6. The van der Waals surface area contributed by atoms with E-state index in [1.54, 1.807) is 6.20 Å². The maximum absolute atomic E-state index is 12.2. The summed E-state index contributed by atoms with van der Waals surface area (Å²) in [6.45, 7) is 5.52. The molecule has 0 saturated carbocycles. The fourth-order valence-electron chi connectivity index (χ4n) is 2.41. The van der Waals surface area contributed by atoms with Crippen molar-refractivity contribution in [1.29, 1.82) is 0 Å². The van der Waals surface area contributed by atoms with E-state index in [9.17, 15) is 18.0 Å². The lowest BCUT2D eigenvalue weighted by atomic mass is 10.1. The van der Waals surface area contributed by atoms with Gasteiger partial charge in [0.1, 0.15) is 0 Å². The summed E-state index contributed by atoms with van der Waals surface area (Å²) >= 11 is 0. The number of nitrogens with zero attached hydrogens (tertiary/aromatic N) is 2. The second kappa shape index (κ2) is 5.88. The topological polar surface area (TPSA) is 57.3 Å². The maximum Gasteiger partial charge on any atom is 0.471 e. The first-order chi connectivity index (χ1) is 9.75. The van der Waals surface area contributed by atoms with Gasteiger partial charge < -0.3 is 15.5 Å². The maximum atomic E-state index is 12.2. The molecule has 21 heavy (non-hydrogen) atoms. The molecule has 1 aromatic heterocycles. The van der Waals surface area contributed by atoms with Gasteiger partial charge in [-0.25, -0.2) is 0 Å². The van der Waals surface area contributed by atoms with E-state index >= 15 is 0 Å². The summed E-state index contributed by atoms with van der Waals surface area (Å²) in [7, 11) is 0. The van der Waals surface area contributed by atoms with E-state index < -0.39 is 12.1 Å². The van der Waals surface area contributed by atoms with Crippen molar-refractivity contribution in [3.8, 4) is 0 Å². The van der Waals surface area contributed by atoms with E-state index in [2.05, 4.69) is 10.3 Å². The van der Waals surface area contributed by atoms with Gasteiger partial charge in [-0.2, -0.15) is 13.2 Å². The van der Waals surface area contributed by atoms with Gasteiger partial charge in [-0.15, -0.1) is 0 Å². The summed E-state index contributed by atoms with van der Waals surface area (Å²) in [5.74, 6) is -2.00. The van der Waals surface area contributed by atoms with Crippen LogP contribution in [-0.2, 0) is 4.79 Å². The molecular weight excluding hydrogens is 285 g/mol. The van der Waals surface area contributed by atoms with Gasteiger partial charge >= 0.3 is 12.1 Å². The number of alkyl halides is 3. The Morgan fingerprint density at radius 1 is 1.33 bits per heavy atom. The van der Waals surface area contributed by atoms with Crippen LogP contribution in [0.2, 0.25) is 0 Å². The zero-order chi connectivity index (χ0) is 15.6. The van der Waals surface area contributed by atoms with E-state index in [1.807, 2.05) is 24.1 Å². The first-order valence-electron chi connectivity index (χ1n) is 6.60. The molecular formula is C13H17F3N4O. The average Bonchev–Trinajstić information content (AvgIpc) is 2.36. The highest BCUT2D eigenvalue weighted by Gasteiger charge is 2.38. The summed E-state index contributed by atoms with van der Waals surface area (Å²) < 4.78 is 36.7. The van der Waals surface area contributed by atoms with Gasteiger partial charge in [0.05, 0.1) is 23.8 Å². The minimum Gasteiger partial charge on any atom is -0.367 e. The summed E-state index contributed by atoms with van der Waals surface area (Å²) in [5.41, 5.74) is 0.726. The van der Waals surface area contributed by atoms with Gasteiger partial charge in [0, 0.05) is 25.2 Å². The molecule has 116 valence electrons. The molecule has 0 spiro atoms. The number of halogens is 3. The molecule has 0 aromatic carbocycles. The van der Waals surface area contributed by atoms with Gasteiger partial charge in [-0.05, 0) is 19.9 Å². The van der Waals surface area contributed by atoms with Crippen LogP contribution in [0.4, 0.5) is 24.5 Å². The molecule has 0 unspecified atom stereocenters. The van der Waals surface area contributed by atoms with Crippen LogP contribution in [0.25, 0.3) is 0 Å². The summed E-state index contributed by atoms with van der Waals surface area (Å²) in [5, 5.41) is 5.18. The Hall–Kier alpha value is -1.83. The fraction of sp³-hybridized carbons (Fsp3) is 0.538. The zero-order valence-corrected chi connectivity index (χ0v) is 11.7. The van der Waals surface area contributed by atoms with Crippen LogP contribution in [0.1, 0.15) is 13.8 Å². The van der Waals surface area contributed by atoms with Gasteiger partial charge in [0.15, 0.2) is 0 Å². The highest BCUT2D eigenvalue weighted by atomic mass is 19.4. The predicted molar refractivity (Wildman–Crippen MR) is 73.2 cm³/mol. The Bertz CT molecular complexity index is 510. The molecule has 5 nitrogen and oxygen atoms in total. The van der Waals surface area contributed by atoms with Crippen molar-refractivity contribution < 1.29 is 18.0 Å². The van der Waals surface area contributed by atoms with E-state index in [-0.39, 0.29) is 17.8 Å². The first-order valence-corrected chi connectivity index (χ1v) is 6.60. The Morgan fingerprint density at radius 3 is 2.52 bits per heavy atom. The smallest absolute Gasteiger partial charge is 0.367 e. The number of carbonyl (C=O) groups is 1. The molecule has 1 fully saturated rings. The lowest BCUT2D eigenvalue weighted by Crippen LogP contribution is -2.54. The van der Waals surface area contributed by atoms with Crippen molar-refractivity contribution in [2.24, 2.45) is 0 Å². The normalized spacial score (nSPS) is 23.0. The zero-order valence-electron chi connectivity index (χ0n) is 11.7. The molecule has 1 aliphatic rings. The second-order valence-electron chi connectivity index (χ2n) is 5.26. The van der Waals surface area contributed by atoms with E-state index in [0.29, 0.717) is 5.69 Å². The Balaban J connectivity index is 2.12. The van der Waals surface area contributed by atoms with Crippen LogP contribution in [0.3, 0.4) is 0 Å². The summed E-state index contributed by atoms with van der Waals surface area (Å²) in [4.78, 5) is 16.9. The number of hydrogen-bond acceptors (Lipinski definition) is 4. The number of nitrogens with one attached hydrogen (secondary N) is 2. The predicted octanol–water partition coefficient (Wildman–Crippen LogP) is 1.77. The van der Waals surface area contributed by atoms with Gasteiger partial charge in [-0.3, -0.25) is 9.78 Å². The quantitative estimate of drug-likeness (QED) is 0.874. The number of anilines is 2. The Kier molecular flexibility index (Phi) is 4.36. The van der Waals surface area contributed by atoms with Crippen molar-refractivity contribution in [3.63, 3.8) is 0 Å². The van der Waals surface area contributed by atoms with Crippen LogP contribution in [-0.4, -0.2) is 42.2 Å². The Morgan fingerprint density at radius 2 is 1.95 bits per heavy atom. The highest BCUT2D eigenvalue weighted by Crippen LogP contribution is 2.22. The standard InChI is InChI=1S/C13H17F3N4O/c1-8-6-20(7-9(2)18-8)11-3-10(4-17-5-11)19-12(21)13(14,15)16/h3-5,8-9,18H,6-7H2,1-2H3,(H,19,21)/t8-,9+. The SMILES string of the molecule is C[C@@H]1CN(c2cncc(NC(=O)C(F)(F)F)c2)C[C@H](C)N1. The molecule has 2 atom stereocenters. The molecule has 1 aromatic rings. The molecule has 2 N–H and O–H groups in total. The number of amides is 1. The molecule has 1 saturated heterocycles. The van der Waals surface area contributed by atoms with Crippen LogP contribution in [0.15, 0.2) is 18.5 Å². The van der Waals surface area contributed by atoms with Gasteiger partial charge in [-0.1, -0.05) is 0 Å². The minimum atomic E-state index is -4.91. The van der Waals surface area contributed by atoms with E-state index in [0.717, 1.165) is 13.1 Å². The number of piperazine rings is 1. The fourth-order valence-corrected chi connectivity index (χ4v) is 2.41. The van der Waals surface area contributed by atoms with Gasteiger partial charge in [0.2, 0.25) is 0 Å². The number of aromatic nitrogens is 1. The van der Waals surface area contributed by atoms with Crippen molar-refractivity contribution in [3.05, 3.63) is 18.5 Å². The largest absolute Gasteiger partial charge is 0.471 e. The third-order valence-electron chi connectivity index (χ3n) is 3.16. The number of carbonyl (C=O) groups excluding carboxylic acids is 1. The third-order valence-corrected chi connectivity index (χ3v) is 3.16. The van der Waals surface area contributed by atoms with Crippen LogP contribution < -0.4 is 15.5 Å². The van der Waals surface area contributed by atoms with E-state index in [4.69, 9.17) is 0 Å². The molecule has 8 heteroatoms. The second-order valence-corrected chi connectivity index (χ2v) is 5.26. The molecule has 0 radical (unpaired) electrons. The highest BCUT2D eigenvalue weighted by molar-refractivity contribution is 5.95.